The third kappa shape index (κ3) is 18.6. The molecule has 0 saturated heterocycles. The van der Waals surface area contributed by atoms with Gasteiger partial charge in [-0.25, -0.2) is 0 Å². The van der Waals surface area contributed by atoms with E-state index in [9.17, 15) is 4.79 Å². The number of Topliss-reactive ketones (excluding diaryl/α,β-unsaturated/α-hetero) is 1. The van der Waals surface area contributed by atoms with E-state index in [0.717, 1.165) is 12.8 Å². The fourth-order valence-electron chi connectivity index (χ4n) is 0.841. The molecule has 0 spiro atoms. The third-order valence-electron chi connectivity index (χ3n) is 1.59. The molecule has 1 aromatic rings. The summed E-state index contributed by atoms with van der Waals surface area (Å²) in [6.07, 6.45) is 3.71. The number of hydrogen-bond acceptors (Lipinski definition) is 1. The lowest BCUT2D eigenvalue weighted by Crippen LogP contribution is -1.91. The Morgan fingerprint density at radius 3 is 1.25 bits per heavy atom. The highest BCUT2D eigenvalue weighted by Gasteiger charge is 1.91. The topological polar surface area (TPSA) is 17.1 Å². The molecule has 0 aliphatic rings. The van der Waals surface area contributed by atoms with Gasteiger partial charge < -0.3 is 0 Å². The largest absolute Gasteiger partial charge is 0.300 e. The lowest BCUT2D eigenvalue weighted by atomic mass is 10.2. The van der Waals surface area contributed by atoms with Crippen LogP contribution in [0.5, 0.6) is 0 Å². The molecule has 92 valence electrons. The van der Waals surface area contributed by atoms with Crippen LogP contribution in [-0.4, -0.2) is 5.78 Å². The van der Waals surface area contributed by atoms with Crippen LogP contribution >= 0.6 is 0 Å². The third-order valence-corrected chi connectivity index (χ3v) is 1.59. The smallest absolute Gasteiger partial charge is 0.132 e. The Kier molecular flexibility index (Phi) is 17.6. The van der Waals surface area contributed by atoms with E-state index in [-0.39, 0.29) is 0 Å². The molecule has 1 rings (SSSR count). The van der Waals surface area contributed by atoms with Crippen molar-refractivity contribution < 1.29 is 4.79 Å². The minimum Gasteiger partial charge on any atom is -0.300 e. The van der Waals surface area contributed by atoms with E-state index in [2.05, 4.69) is 13.8 Å². The maximum atomic E-state index is 10.4. The van der Waals surface area contributed by atoms with E-state index in [1.807, 2.05) is 50.2 Å². The van der Waals surface area contributed by atoms with E-state index in [1.165, 1.54) is 6.42 Å². The van der Waals surface area contributed by atoms with Gasteiger partial charge in [-0.05, 0) is 6.42 Å². The van der Waals surface area contributed by atoms with Crippen LogP contribution in [-0.2, 0) is 4.79 Å². The van der Waals surface area contributed by atoms with Crippen molar-refractivity contribution in [3.63, 3.8) is 0 Å². The SMILES string of the molecule is CCC.CCCC(=O)CC.c1ccccc1. The van der Waals surface area contributed by atoms with Crippen molar-refractivity contribution in [1.82, 2.24) is 0 Å². The van der Waals surface area contributed by atoms with Gasteiger partial charge in [-0.3, -0.25) is 4.79 Å². The first-order chi connectivity index (χ1) is 7.72. The molecule has 0 aliphatic carbocycles. The summed E-state index contributed by atoms with van der Waals surface area (Å²) >= 11 is 0. The Hall–Kier alpha value is -1.11. The molecule has 0 aromatic heterocycles. The molecule has 1 heteroatoms. The zero-order valence-corrected chi connectivity index (χ0v) is 11.2. The first-order valence-corrected chi connectivity index (χ1v) is 6.24. The van der Waals surface area contributed by atoms with Gasteiger partial charge in [-0.1, -0.05) is 70.5 Å². The molecule has 0 unspecified atom stereocenters. The number of carbonyl (C=O) groups is 1. The standard InChI is InChI=1S/C6H12O.C6H6.C3H8/c1-3-5-6(7)4-2;1-2-4-6-5-3-1;1-3-2/h3-5H2,1-2H3;1-6H;3H2,1-2H3. The average molecular weight is 222 g/mol. The van der Waals surface area contributed by atoms with E-state index in [4.69, 9.17) is 0 Å². The Morgan fingerprint density at radius 2 is 1.12 bits per heavy atom. The van der Waals surface area contributed by atoms with Crippen LogP contribution in [0.3, 0.4) is 0 Å². The highest BCUT2D eigenvalue weighted by atomic mass is 16.1. The van der Waals surface area contributed by atoms with E-state index in [1.54, 1.807) is 0 Å². The fraction of sp³-hybridized carbons (Fsp3) is 0.533. The van der Waals surface area contributed by atoms with Gasteiger partial charge in [0.1, 0.15) is 5.78 Å². The molecular formula is C15H26O. The Balaban J connectivity index is 0. The average Bonchev–Trinajstić information content (AvgIpc) is 2.33. The van der Waals surface area contributed by atoms with Gasteiger partial charge in [0.05, 0.1) is 0 Å². The van der Waals surface area contributed by atoms with Gasteiger partial charge in [0.2, 0.25) is 0 Å². The highest BCUT2D eigenvalue weighted by molar-refractivity contribution is 5.77. The zero-order valence-electron chi connectivity index (χ0n) is 11.2. The maximum absolute atomic E-state index is 10.4. The number of benzene rings is 1. The summed E-state index contributed by atoms with van der Waals surface area (Å²) in [5, 5.41) is 0. The molecule has 0 saturated carbocycles. The van der Waals surface area contributed by atoms with Crippen LogP contribution in [0.4, 0.5) is 0 Å². The van der Waals surface area contributed by atoms with Gasteiger partial charge in [-0.15, -0.1) is 0 Å². The number of carbonyl (C=O) groups excluding carboxylic acids is 1. The summed E-state index contributed by atoms with van der Waals surface area (Å²) in [7, 11) is 0. The summed E-state index contributed by atoms with van der Waals surface area (Å²) in [6, 6.07) is 12.0. The molecule has 1 aromatic carbocycles. The van der Waals surface area contributed by atoms with Crippen molar-refractivity contribution in [3.05, 3.63) is 36.4 Å². The van der Waals surface area contributed by atoms with Crippen molar-refractivity contribution in [2.45, 2.75) is 53.4 Å². The van der Waals surface area contributed by atoms with Crippen molar-refractivity contribution in [2.24, 2.45) is 0 Å². The van der Waals surface area contributed by atoms with Crippen LogP contribution in [0.25, 0.3) is 0 Å². The minimum atomic E-state index is 0.377. The van der Waals surface area contributed by atoms with Crippen LogP contribution in [0.15, 0.2) is 36.4 Å². The predicted octanol–water partition coefficient (Wildman–Crippen LogP) is 4.87. The Morgan fingerprint density at radius 1 is 0.812 bits per heavy atom. The van der Waals surface area contributed by atoms with Gasteiger partial charge in [0.25, 0.3) is 0 Å². The van der Waals surface area contributed by atoms with Gasteiger partial charge in [0, 0.05) is 12.8 Å². The predicted molar refractivity (Wildman–Crippen MR) is 72.6 cm³/mol. The lowest BCUT2D eigenvalue weighted by Gasteiger charge is -1.87. The van der Waals surface area contributed by atoms with Crippen molar-refractivity contribution in [1.29, 1.82) is 0 Å². The second kappa shape index (κ2) is 16.3. The molecule has 0 fully saturated rings. The second-order valence-electron chi connectivity index (χ2n) is 3.50. The van der Waals surface area contributed by atoms with E-state index >= 15 is 0 Å². The van der Waals surface area contributed by atoms with Crippen molar-refractivity contribution in [2.75, 3.05) is 0 Å². The van der Waals surface area contributed by atoms with Gasteiger partial charge in [0.15, 0.2) is 0 Å². The molecule has 0 atom stereocenters. The first kappa shape index (κ1) is 17.3. The molecule has 0 radical (unpaired) electrons. The molecule has 16 heavy (non-hydrogen) atoms. The van der Waals surface area contributed by atoms with Crippen LogP contribution in [0.2, 0.25) is 0 Å². The Bertz CT molecular complexity index is 189. The summed E-state index contributed by atoms with van der Waals surface area (Å²) in [5.74, 6) is 0.377. The van der Waals surface area contributed by atoms with Gasteiger partial charge in [-0.2, -0.15) is 0 Å². The van der Waals surface area contributed by atoms with Gasteiger partial charge >= 0.3 is 0 Å². The number of rotatable bonds is 3. The molecule has 0 heterocycles. The van der Waals surface area contributed by atoms with E-state index < -0.39 is 0 Å². The molecular weight excluding hydrogens is 196 g/mol. The molecule has 0 amide bonds. The molecule has 0 aliphatic heterocycles. The summed E-state index contributed by atoms with van der Waals surface area (Å²) < 4.78 is 0. The van der Waals surface area contributed by atoms with Crippen LogP contribution < -0.4 is 0 Å². The van der Waals surface area contributed by atoms with Crippen LogP contribution in [0.1, 0.15) is 53.4 Å². The second-order valence-corrected chi connectivity index (χ2v) is 3.50. The summed E-state index contributed by atoms with van der Waals surface area (Å²) in [4.78, 5) is 10.4. The van der Waals surface area contributed by atoms with Crippen LogP contribution in [0, 0.1) is 0 Å². The number of ketones is 1. The summed E-state index contributed by atoms with van der Waals surface area (Å²) in [5.41, 5.74) is 0. The molecule has 1 nitrogen and oxygen atoms in total. The molecule has 0 bridgehead atoms. The maximum Gasteiger partial charge on any atom is 0.132 e. The normalized spacial score (nSPS) is 8.00. The quantitative estimate of drug-likeness (QED) is 0.713. The highest BCUT2D eigenvalue weighted by Crippen LogP contribution is 1.90. The lowest BCUT2D eigenvalue weighted by molar-refractivity contribution is -0.118. The summed E-state index contributed by atoms with van der Waals surface area (Å²) in [6.45, 7) is 8.17. The van der Waals surface area contributed by atoms with Crippen molar-refractivity contribution in [3.8, 4) is 0 Å². The van der Waals surface area contributed by atoms with E-state index in [0.29, 0.717) is 12.2 Å². The zero-order chi connectivity index (χ0) is 12.6. The number of hydrogen-bond donors (Lipinski definition) is 0. The monoisotopic (exact) mass is 222 g/mol. The first-order valence-electron chi connectivity index (χ1n) is 6.24. The fourth-order valence-corrected chi connectivity index (χ4v) is 0.841. The molecule has 0 N–H and O–H groups in total. The van der Waals surface area contributed by atoms with Crippen molar-refractivity contribution >= 4 is 5.78 Å². The Labute approximate surface area is 101 Å². The minimum absolute atomic E-state index is 0.377.